The van der Waals surface area contributed by atoms with Gasteiger partial charge in [0.15, 0.2) is 6.04 Å². The molecule has 134 valence electrons. The van der Waals surface area contributed by atoms with Crippen LogP contribution in [0.3, 0.4) is 0 Å². The van der Waals surface area contributed by atoms with E-state index in [1.807, 2.05) is 30.3 Å². The summed E-state index contributed by atoms with van der Waals surface area (Å²) in [5.74, 6) is -0.272. The lowest BCUT2D eigenvalue weighted by molar-refractivity contribution is -0.975. The number of amides is 1. The van der Waals surface area contributed by atoms with E-state index in [4.69, 9.17) is 11.5 Å². The number of nitrogens with two attached hydrogens (primary N) is 2. The number of carbonyl (C=O) groups is 1. The topological polar surface area (TPSA) is 89.3 Å². The van der Waals surface area contributed by atoms with E-state index in [0.29, 0.717) is 17.4 Å². The highest BCUT2D eigenvalue weighted by atomic mass is 16.3. The summed E-state index contributed by atoms with van der Waals surface area (Å²) in [6.07, 6.45) is 1.68. The van der Waals surface area contributed by atoms with E-state index in [0.717, 1.165) is 24.9 Å². The molecule has 1 amide bonds. The highest BCUT2D eigenvalue weighted by molar-refractivity contribution is 5.79. The van der Waals surface area contributed by atoms with Crippen LogP contribution in [0.15, 0.2) is 30.3 Å². The second-order valence-electron chi connectivity index (χ2n) is 8.09. The number of rotatable bonds is 6. The molecule has 24 heavy (non-hydrogen) atoms. The Morgan fingerprint density at radius 1 is 1.33 bits per heavy atom. The molecule has 1 fully saturated rings. The predicted octanol–water partition coefficient (Wildman–Crippen LogP) is 1.18. The second-order valence-corrected chi connectivity index (χ2v) is 8.09. The van der Waals surface area contributed by atoms with E-state index in [-0.39, 0.29) is 23.5 Å². The molecule has 1 heterocycles. The summed E-state index contributed by atoms with van der Waals surface area (Å²) in [7, 11) is 0. The molecule has 0 aromatic heterocycles. The van der Waals surface area contributed by atoms with Crippen molar-refractivity contribution in [1.29, 1.82) is 0 Å². The normalized spacial score (nSPS) is 27.0. The van der Waals surface area contributed by atoms with Crippen molar-refractivity contribution < 1.29 is 14.4 Å². The van der Waals surface area contributed by atoms with Crippen LogP contribution >= 0.6 is 0 Å². The highest BCUT2D eigenvalue weighted by Gasteiger charge is 2.53. The summed E-state index contributed by atoms with van der Waals surface area (Å²) in [4.78, 5) is 12.0. The lowest BCUT2D eigenvalue weighted by Gasteiger charge is -2.50. The Bertz CT molecular complexity index is 555. The van der Waals surface area contributed by atoms with Crippen LogP contribution in [0.4, 0.5) is 0 Å². The lowest BCUT2D eigenvalue weighted by atomic mass is 9.94. The summed E-state index contributed by atoms with van der Waals surface area (Å²) >= 11 is 0. The highest BCUT2D eigenvalue weighted by Crippen LogP contribution is 2.37. The van der Waals surface area contributed by atoms with Gasteiger partial charge in [0.05, 0.1) is 12.1 Å². The Hall–Kier alpha value is -1.43. The van der Waals surface area contributed by atoms with Crippen molar-refractivity contribution >= 4 is 5.91 Å². The van der Waals surface area contributed by atoms with E-state index in [1.165, 1.54) is 0 Å². The van der Waals surface area contributed by atoms with Gasteiger partial charge in [-0.3, -0.25) is 4.79 Å². The summed E-state index contributed by atoms with van der Waals surface area (Å²) < 4.78 is 0.520. The van der Waals surface area contributed by atoms with Crippen LogP contribution in [0.25, 0.3) is 0 Å². The van der Waals surface area contributed by atoms with Crippen LogP contribution in [-0.2, 0) is 11.2 Å². The monoisotopic (exact) mass is 334 g/mol. The Morgan fingerprint density at radius 2 is 1.96 bits per heavy atom. The minimum atomic E-state index is -0.676. The molecular weight excluding hydrogens is 302 g/mol. The fourth-order valence-electron chi connectivity index (χ4n) is 4.14. The number of quaternary nitrogens is 1. The zero-order valence-electron chi connectivity index (χ0n) is 15.1. The standard InChI is InChI=1S/C19H31N3O2/c1-19(2,3)22(11-7-10-16(22)18(21)24)13-17(23)15(20)12-14-8-5-4-6-9-14/h4-6,8-9,15-17,23H,7,10-13,20H2,1-3H3,(H-,21,24)/p+1/t15-,16-,17+,22?/m0/s1. The van der Waals surface area contributed by atoms with E-state index in [9.17, 15) is 9.90 Å². The summed E-state index contributed by atoms with van der Waals surface area (Å²) in [5, 5.41) is 10.8. The average Bonchev–Trinajstić information content (AvgIpc) is 2.93. The molecule has 0 radical (unpaired) electrons. The molecule has 0 bridgehead atoms. The van der Waals surface area contributed by atoms with Crippen molar-refractivity contribution in [2.45, 2.75) is 63.8 Å². The molecule has 5 N–H and O–H groups in total. The maximum Gasteiger partial charge on any atom is 0.275 e. The van der Waals surface area contributed by atoms with Crippen molar-refractivity contribution in [2.75, 3.05) is 13.1 Å². The molecule has 0 spiro atoms. The zero-order chi connectivity index (χ0) is 18.0. The fourth-order valence-corrected chi connectivity index (χ4v) is 4.14. The third-order valence-corrected chi connectivity index (χ3v) is 5.62. The molecule has 0 saturated carbocycles. The van der Waals surface area contributed by atoms with Crippen molar-refractivity contribution in [2.24, 2.45) is 11.5 Å². The largest absolute Gasteiger partial charge is 0.386 e. The summed E-state index contributed by atoms with van der Waals surface area (Å²) in [5.41, 5.74) is 12.9. The first-order valence-corrected chi connectivity index (χ1v) is 8.81. The minimum absolute atomic E-state index is 0.177. The molecule has 1 aromatic carbocycles. The second kappa shape index (κ2) is 7.21. The molecule has 1 saturated heterocycles. The van der Waals surface area contributed by atoms with Gasteiger partial charge < -0.3 is 21.1 Å². The van der Waals surface area contributed by atoms with Gasteiger partial charge in [-0.25, -0.2) is 0 Å². The Kier molecular flexibility index (Phi) is 5.68. The van der Waals surface area contributed by atoms with Crippen molar-refractivity contribution in [3.63, 3.8) is 0 Å². The molecular formula is C19H32N3O2+. The third kappa shape index (κ3) is 3.79. The molecule has 1 aliphatic heterocycles. The van der Waals surface area contributed by atoms with Gasteiger partial charge in [-0.05, 0) is 32.8 Å². The molecule has 4 atom stereocenters. The number of carbonyl (C=O) groups excluding carboxylic acids is 1. The molecule has 2 rings (SSSR count). The van der Waals surface area contributed by atoms with Crippen LogP contribution in [0, 0.1) is 0 Å². The zero-order valence-corrected chi connectivity index (χ0v) is 15.1. The van der Waals surface area contributed by atoms with Gasteiger partial charge in [0.2, 0.25) is 0 Å². The Labute approximate surface area is 145 Å². The van der Waals surface area contributed by atoms with Gasteiger partial charge in [0.1, 0.15) is 12.6 Å². The van der Waals surface area contributed by atoms with Crippen LogP contribution < -0.4 is 11.5 Å². The Balaban J connectivity index is 2.16. The number of primary amides is 1. The van der Waals surface area contributed by atoms with Crippen molar-refractivity contribution in [3.8, 4) is 0 Å². The average molecular weight is 334 g/mol. The van der Waals surface area contributed by atoms with E-state index >= 15 is 0 Å². The maximum atomic E-state index is 12.0. The Morgan fingerprint density at radius 3 is 2.50 bits per heavy atom. The first-order valence-electron chi connectivity index (χ1n) is 8.81. The number of aliphatic hydroxyl groups excluding tert-OH is 1. The van der Waals surface area contributed by atoms with Crippen LogP contribution in [0.5, 0.6) is 0 Å². The van der Waals surface area contributed by atoms with Gasteiger partial charge in [0, 0.05) is 18.9 Å². The van der Waals surface area contributed by atoms with Gasteiger partial charge in [0.25, 0.3) is 5.91 Å². The van der Waals surface area contributed by atoms with E-state index < -0.39 is 6.10 Å². The van der Waals surface area contributed by atoms with Crippen molar-refractivity contribution in [1.82, 2.24) is 0 Å². The van der Waals surface area contributed by atoms with Gasteiger partial charge in [-0.1, -0.05) is 30.3 Å². The number of hydrogen-bond acceptors (Lipinski definition) is 3. The van der Waals surface area contributed by atoms with Crippen LogP contribution in [-0.4, -0.2) is 52.3 Å². The van der Waals surface area contributed by atoms with Gasteiger partial charge in [-0.2, -0.15) is 0 Å². The number of nitrogens with zero attached hydrogens (tertiary/aromatic N) is 1. The number of hydrogen-bond donors (Lipinski definition) is 3. The maximum absolute atomic E-state index is 12.0. The van der Waals surface area contributed by atoms with Gasteiger partial charge >= 0.3 is 0 Å². The van der Waals surface area contributed by atoms with E-state index in [1.54, 1.807) is 0 Å². The fraction of sp³-hybridized carbons (Fsp3) is 0.632. The van der Waals surface area contributed by atoms with E-state index in [2.05, 4.69) is 20.8 Å². The van der Waals surface area contributed by atoms with Gasteiger partial charge in [-0.15, -0.1) is 0 Å². The molecule has 0 aliphatic carbocycles. The van der Waals surface area contributed by atoms with Crippen LogP contribution in [0.1, 0.15) is 39.2 Å². The minimum Gasteiger partial charge on any atom is -0.386 e. The predicted molar refractivity (Wildman–Crippen MR) is 96.1 cm³/mol. The molecule has 5 nitrogen and oxygen atoms in total. The quantitative estimate of drug-likeness (QED) is 0.683. The molecule has 5 heteroatoms. The lowest BCUT2D eigenvalue weighted by Crippen LogP contribution is -2.69. The van der Waals surface area contributed by atoms with Crippen molar-refractivity contribution in [3.05, 3.63) is 35.9 Å². The molecule has 1 unspecified atom stereocenters. The summed E-state index contributed by atoms with van der Waals surface area (Å²) in [6, 6.07) is 9.34. The smallest absolute Gasteiger partial charge is 0.275 e. The SMILES string of the molecule is CC(C)(C)[N+]1(C[C@@H](O)[C@@H](N)Cc2ccccc2)CCC[C@H]1C(N)=O. The number of benzene rings is 1. The van der Waals surface area contributed by atoms with Crippen LogP contribution in [0.2, 0.25) is 0 Å². The first kappa shape index (κ1) is 18.9. The molecule has 1 aromatic rings. The third-order valence-electron chi connectivity index (χ3n) is 5.62. The first-order chi connectivity index (χ1) is 11.2. The number of aliphatic hydroxyl groups is 1. The molecule has 1 aliphatic rings. The summed E-state index contributed by atoms with van der Waals surface area (Å²) in [6.45, 7) is 7.66. The number of likely N-dealkylation sites (tertiary alicyclic amines) is 1.